The highest BCUT2D eigenvalue weighted by atomic mass is 32.2. The van der Waals surface area contributed by atoms with E-state index in [9.17, 15) is 13.2 Å². The van der Waals surface area contributed by atoms with Crippen LogP contribution in [0.5, 0.6) is 0 Å². The number of para-hydroxylation sites is 1. The molecule has 2 heterocycles. The second-order valence-electron chi connectivity index (χ2n) is 6.71. The van der Waals surface area contributed by atoms with Gasteiger partial charge in [0, 0.05) is 31.6 Å². The zero-order valence-corrected chi connectivity index (χ0v) is 17.7. The minimum absolute atomic E-state index is 0.00471. The molecule has 158 valence electrons. The molecular formula is C21H24N4O4S. The van der Waals surface area contributed by atoms with Crippen molar-refractivity contribution in [1.82, 2.24) is 19.6 Å². The average molecular weight is 429 g/mol. The fourth-order valence-electron chi connectivity index (χ4n) is 3.06. The standard InChI is InChI=1S/C21H24N4O4S/c1-3-5-16(2)14-17(15-20(26)25-10-12-29-13-11-25)24-30(27,28)19-7-4-6-18-21(19)23-9-8-22-18/h3-9,14-15,24H,10-13H2,1-2H3/b5-3-,16-14-,17-15-. The van der Waals surface area contributed by atoms with Crippen LogP contribution in [0.25, 0.3) is 11.0 Å². The van der Waals surface area contributed by atoms with Crippen molar-refractivity contribution in [3.63, 3.8) is 0 Å². The number of amides is 1. The Labute approximate surface area is 176 Å². The number of ether oxygens (including phenoxy) is 1. The number of rotatable bonds is 6. The van der Waals surface area contributed by atoms with Crippen molar-refractivity contribution in [2.75, 3.05) is 26.3 Å². The molecular weight excluding hydrogens is 404 g/mol. The maximum absolute atomic E-state index is 13.1. The number of aromatic nitrogens is 2. The monoisotopic (exact) mass is 428 g/mol. The van der Waals surface area contributed by atoms with E-state index in [0.29, 0.717) is 31.8 Å². The van der Waals surface area contributed by atoms with Gasteiger partial charge in [-0.25, -0.2) is 8.42 Å². The molecule has 0 atom stereocenters. The Balaban J connectivity index is 1.98. The van der Waals surface area contributed by atoms with E-state index in [1.165, 1.54) is 24.5 Å². The van der Waals surface area contributed by atoms with Gasteiger partial charge < -0.3 is 9.64 Å². The van der Waals surface area contributed by atoms with Gasteiger partial charge in [-0.05, 0) is 37.6 Å². The highest BCUT2D eigenvalue weighted by molar-refractivity contribution is 7.89. The number of sulfonamides is 1. The van der Waals surface area contributed by atoms with Crippen molar-refractivity contribution in [2.45, 2.75) is 18.7 Å². The van der Waals surface area contributed by atoms with Crippen LogP contribution in [-0.2, 0) is 19.6 Å². The van der Waals surface area contributed by atoms with Crippen LogP contribution < -0.4 is 4.72 Å². The van der Waals surface area contributed by atoms with Crippen molar-refractivity contribution in [3.8, 4) is 0 Å². The van der Waals surface area contributed by atoms with Gasteiger partial charge >= 0.3 is 0 Å². The first-order valence-electron chi connectivity index (χ1n) is 9.52. The third-order valence-corrected chi connectivity index (χ3v) is 5.83. The van der Waals surface area contributed by atoms with Gasteiger partial charge in [-0.1, -0.05) is 18.2 Å². The summed E-state index contributed by atoms with van der Waals surface area (Å²) < 4.78 is 34.1. The van der Waals surface area contributed by atoms with Crippen molar-refractivity contribution < 1.29 is 17.9 Å². The van der Waals surface area contributed by atoms with Crippen LogP contribution in [0.1, 0.15) is 13.8 Å². The van der Waals surface area contributed by atoms with Crippen LogP contribution in [-0.4, -0.2) is 55.5 Å². The van der Waals surface area contributed by atoms with Gasteiger partial charge in [0.25, 0.3) is 10.0 Å². The lowest BCUT2D eigenvalue weighted by atomic mass is 10.2. The molecule has 1 amide bonds. The SMILES string of the molecule is C\C=C/C(C)=C\C(=C\C(=O)N1CCOCC1)NS(=O)(=O)c1cccc2nccnc12. The van der Waals surface area contributed by atoms with E-state index in [1.54, 1.807) is 23.1 Å². The van der Waals surface area contributed by atoms with Gasteiger partial charge in [-0.3, -0.25) is 19.5 Å². The number of fused-ring (bicyclic) bond motifs is 1. The summed E-state index contributed by atoms with van der Waals surface area (Å²) in [6.07, 6.45) is 9.52. The van der Waals surface area contributed by atoms with E-state index in [2.05, 4.69) is 14.7 Å². The Bertz CT molecular complexity index is 1110. The van der Waals surface area contributed by atoms with E-state index < -0.39 is 10.0 Å². The Morgan fingerprint density at radius 3 is 2.63 bits per heavy atom. The Kier molecular flexibility index (Phi) is 6.96. The van der Waals surface area contributed by atoms with Crippen LogP contribution in [0.2, 0.25) is 0 Å². The summed E-state index contributed by atoms with van der Waals surface area (Å²) in [6, 6.07) is 4.76. The number of nitrogens with one attached hydrogen (secondary N) is 1. The number of allylic oxidation sites excluding steroid dienone is 4. The van der Waals surface area contributed by atoms with Crippen molar-refractivity contribution in [2.24, 2.45) is 0 Å². The molecule has 0 radical (unpaired) electrons. The molecule has 8 nitrogen and oxygen atoms in total. The molecule has 1 saturated heterocycles. The van der Waals surface area contributed by atoms with E-state index >= 15 is 0 Å². The Morgan fingerprint density at radius 2 is 1.90 bits per heavy atom. The third-order valence-electron chi connectivity index (χ3n) is 4.42. The molecule has 0 bridgehead atoms. The number of hydrogen-bond donors (Lipinski definition) is 1. The topological polar surface area (TPSA) is 101 Å². The molecule has 1 fully saturated rings. The number of nitrogens with zero attached hydrogens (tertiary/aromatic N) is 3. The lowest BCUT2D eigenvalue weighted by molar-refractivity contribution is -0.130. The van der Waals surface area contributed by atoms with E-state index in [1.807, 2.05) is 26.0 Å². The molecule has 1 aliphatic rings. The second kappa shape index (κ2) is 9.64. The van der Waals surface area contributed by atoms with Gasteiger partial charge in [-0.15, -0.1) is 0 Å². The molecule has 1 aromatic carbocycles. The average Bonchev–Trinajstić information content (AvgIpc) is 2.73. The van der Waals surface area contributed by atoms with Crippen LogP contribution in [0.15, 0.2) is 71.1 Å². The summed E-state index contributed by atoms with van der Waals surface area (Å²) in [5, 5.41) is 0. The fraction of sp³-hybridized carbons (Fsp3) is 0.286. The lowest BCUT2D eigenvalue weighted by Gasteiger charge is -2.26. The number of carbonyl (C=O) groups is 1. The predicted molar refractivity (Wildman–Crippen MR) is 114 cm³/mol. The fourth-order valence-corrected chi connectivity index (χ4v) is 4.27. The molecule has 0 unspecified atom stereocenters. The first-order chi connectivity index (χ1) is 14.4. The summed E-state index contributed by atoms with van der Waals surface area (Å²) in [7, 11) is -4.01. The molecule has 0 aliphatic carbocycles. The van der Waals surface area contributed by atoms with Gasteiger partial charge in [0.05, 0.1) is 24.4 Å². The van der Waals surface area contributed by atoms with Crippen molar-refractivity contribution >= 4 is 27.0 Å². The van der Waals surface area contributed by atoms with E-state index in [-0.39, 0.29) is 22.0 Å². The number of benzene rings is 1. The summed E-state index contributed by atoms with van der Waals surface area (Å²) in [5.74, 6) is -0.279. The first-order valence-corrected chi connectivity index (χ1v) is 11.0. The molecule has 0 spiro atoms. The zero-order chi connectivity index (χ0) is 21.6. The minimum Gasteiger partial charge on any atom is -0.378 e. The predicted octanol–water partition coefficient (Wildman–Crippen LogP) is 2.17. The first kappa shape index (κ1) is 21.7. The van der Waals surface area contributed by atoms with Crippen LogP contribution in [0.4, 0.5) is 0 Å². The molecule has 2 aromatic rings. The van der Waals surface area contributed by atoms with Gasteiger partial charge in [0.1, 0.15) is 10.4 Å². The number of morpholine rings is 1. The largest absolute Gasteiger partial charge is 0.378 e. The molecule has 1 N–H and O–H groups in total. The van der Waals surface area contributed by atoms with Crippen molar-refractivity contribution in [1.29, 1.82) is 0 Å². The van der Waals surface area contributed by atoms with Crippen LogP contribution in [0, 0.1) is 0 Å². The highest BCUT2D eigenvalue weighted by Gasteiger charge is 2.21. The summed E-state index contributed by atoms with van der Waals surface area (Å²) in [5.41, 5.74) is 1.69. The van der Waals surface area contributed by atoms with Crippen LogP contribution in [0.3, 0.4) is 0 Å². The molecule has 0 saturated carbocycles. The number of hydrogen-bond acceptors (Lipinski definition) is 6. The molecule has 3 rings (SSSR count). The quantitative estimate of drug-likeness (QED) is 0.559. The highest BCUT2D eigenvalue weighted by Crippen LogP contribution is 2.20. The smallest absolute Gasteiger partial charge is 0.264 e. The Hall–Kier alpha value is -3.04. The van der Waals surface area contributed by atoms with Gasteiger partial charge in [0.15, 0.2) is 0 Å². The molecule has 1 aromatic heterocycles. The molecule has 1 aliphatic heterocycles. The Morgan fingerprint density at radius 1 is 1.17 bits per heavy atom. The summed E-state index contributed by atoms with van der Waals surface area (Å²) in [4.78, 5) is 22.6. The van der Waals surface area contributed by atoms with Crippen molar-refractivity contribution in [3.05, 3.63) is 66.2 Å². The van der Waals surface area contributed by atoms with E-state index in [0.717, 1.165) is 5.57 Å². The normalized spacial score (nSPS) is 16.3. The van der Waals surface area contributed by atoms with Crippen LogP contribution >= 0.6 is 0 Å². The molecule has 30 heavy (non-hydrogen) atoms. The molecule has 9 heteroatoms. The maximum Gasteiger partial charge on any atom is 0.264 e. The third kappa shape index (κ3) is 5.31. The lowest BCUT2D eigenvalue weighted by Crippen LogP contribution is -2.40. The summed E-state index contributed by atoms with van der Waals surface area (Å²) >= 11 is 0. The zero-order valence-electron chi connectivity index (χ0n) is 16.9. The minimum atomic E-state index is -4.01. The second-order valence-corrected chi connectivity index (χ2v) is 8.36. The van der Waals surface area contributed by atoms with Gasteiger partial charge in [-0.2, -0.15) is 0 Å². The van der Waals surface area contributed by atoms with Gasteiger partial charge in [0.2, 0.25) is 5.91 Å². The summed E-state index contributed by atoms with van der Waals surface area (Å²) in [6.45, 7) is 5.53. The maximum atomic E-state index is 13.1. The van der Waals surface area contributed by atoms with E-state index in [4.69, 9.17) is 4.74 Å². The number of carbonyl (C=O) groups excluding carboxylic acids is 1.